The Labute approximate surface area is 277 Å². The second kappa shape index (κ2) is 12.0. The molecule has 0 radical (unpaired) electrons. The van der Waals surface area contributed by atoms with Crippen LogP contribution in [0.3, 0.4) is 0 Å². The number of furan rings is 1. The van der Waals surface area contributed by atoms with Crippen molar-refractivity contribution >= 4 is 33.9 Å². The fourth-order valence-electron chi connectivity index (χ4n) is 6.05. The normalized spacial score (nSPS) is 12.8. The second-order valence-electron chi connectivity index (χ2n) is 10.9. The highest BCUT2D eigenvalue weighted by molar-refractivity contribution is 6.42. The molecule has 0 atom stereocenters. The third-order valence-electron chi connectivity index (χ3n) is 8.02. The van der Waals surface area contributed by atoms with Crippen molar-refractivity contribution in [1.29, 1.82) is 0 Å². The summed E-state index contributed by atoms with van der Waals surface area (Å²) in [5.74, 6) is 2.27. The minimum absolute atomic E-state index is 0.417. The Balaban J connectivity index is 1.51. The molecule has 0 unspecified atom stereocenters. The van der Waals surface area contributed by atoms with E-state index in [1.54, 1.807) is 98.5 Å². The molecule has 8 aromatic rings. The molecule has 9 rings (SSSR count). The van der Waals surface area contributed by atoms with Gasteiger partial charge in [-0.2, -0.15) is 0 Å². The Morgan fingerprint density at radius 3 is 1.22 bits per heavy atom. The zero-order valence-corrected chi connectivity index (χ0v) is 25.6. The molecular weight excluding hydrogens is 616 g/mol. The maximum absolute atomic E-state index is 7.00. The maximum atomic E-state index is 7.00. The molecular formula is C36H22N12O. The molecule has 0 N–H and O–H groups in total. The summed E-state index contributed by atoms with van der Waals surface area (Å²) >= 11 is 0. The van der Waals surface area contributed by atoms with Crippen molar-refractivity contribution in [2.75, 3.05) is 13.1 Å². The van der Waals surface area contributed by atoms with Crippen LogP contribution >= 0.6 is 0 Å². The zero-order valence-electron chi connectivity index (χ0n) is 25.6. The molecule has 1 aliphatic rings. The summed E-state index contributed by atoms with van der Waals surface area (Å²) in [5.41, 5.74) is 5.63. The highest BCUT2D eigenvalue weighted by Gasteiger charge is 2.30. The third-order valence-corrected chi connectivity index (χ3v) is 8.02. The standard InChI is InChI=1S/C36H22N12O/c1-6-39-32(40-7-1)23-18-21-22-19-24(33-41-8-2-9-42-33)27(34-43-10-3-11-44-34)29(36-47-14-5-15-48-36)31(22)49-30(21)28(35-45-12-4-13-46-35)26(23)25-20-37-16-17-38-25/h1-15,18-20H,16-17H2. The van der Waals surface area contributed by atoms with Crippen LogP contribution in [0.2, 0.25) is 0 Å². The molecule has 6 aromatic heterocycles. The molecule has 0 fully saturated rings. The van der Waals surface area contributed by atoms with Crippen LogP contribution in [0.25, 0.3) is 78.9 Å². The molecule has 0 saturated carbocycles. The Kier molecular flexibility index (Phi) is 6.89. The molecule has 232 valence electrons. The van der Waals surface area contributed by atoms with Gasteiger partial charge < -0.3 is 4.42 Å². The predicted molar refractivity (Wildman–Crippen MR) is 184 cm³/mol. The van der Waals surface area contributed by atoms with E-state index in [-0.39, 0.29) is 0 Å². The van der Waals surface area contributed by atoms with Crippen molar-refractivity contribution in [3.05, 3.63) is 110 Å². The number of aromatic nitrogens is 10. The lowest BCUT2D eigenvalue weighted by Crippen LogP contribution is -2.14. The van der Waals surface area contributed by atoms with Crippen molar-refractivity contribution in [2.24, 2.45) is 9.98 Å². The first-order chi connectivity index (χ1) is 24.3. The molecule has 13 nitrogen and oxygen atoms in total. The van der Waals surface area contributed by atoms with Gasteiger partial charge in [0.05, 0.1) is 29.9 Å². The average molecular weight is 639 g/mol. The Hall–Kier alpha value is -7.02. The number of fused-ring (bicyclic) bond motifs is 3. The van der Waals surface area contributed by atoms with Crippen LogP contribution in [0, 0.1) is 0 Å². The number of hydrogen-bond acceptors (Lipinski definition) is 13. The second-order valence-corrected chi connectivity index (χ2v) is 10.9. The smallest absolute Gasteiger partial charge is 0.163 e. The van der Waals surface area contributed by atoms with Crippen molar-refractivity contribution in [2.45, 2.75) is 0 Å². The number of hydrogen-bond donors (Lipinski definition) is 0. The Morgan fingerprint density at radius 2 is 0.796 bits per heavy atom. The minimum atomic E-state index is 0.417. The molecule has 0 bridgehead atoms. The van der Waals surface area contributed by atoms with E-state index in [9.17, 15) is 0 Å². The highest BCUT2D eigenvalue weighted by atomic mass is 16.3. The van der Waals surface area contributed by atoms with Gasteiger partial charge in [-0.25, -0.2) is 49.8 Å². The molecule has 2 aromatic carbocycles. The van der Waals surface area contributed by atoms with Gasteiger partial charge in [-0.3, -0.25) is 9.98 Å². The predicted octanol–water partition coefficient (Wildman–Crippen LogP) is 5.74. The topological polar surface area (TPSA) is 167 Å². The number of rotatable bonds is 6. The van der Waals surface area contributed by atoms with Gasteiger partial charge in [-0.15, -0.1) is 0 Å². The summed E-state index contributed by atoms with van der Waals surface area (Å²) in [7, 11) is 0. The van der Waals surface area contributed by atoms with Gasteiger partial charge in [0.1, 0.15) is 11.2 Å². The van der Waals surface area contributed by atoms with E-state index in [0.717, 1.165) is 16.3 Å². The van der Waals surface area contributed by atoms with E-state index in [0.29, 0.717) is 86.9 Å². The van der Waals surface area contributed by atoms with Crippen LogP contribution in [0.4, 0.5) is 0 Å². The summed E-state index contributed by atoms with van der Waals surface area (Å²) in [5, 5.41) is 1.51. The van der Waals surface area contributed by atoms with Gasteiger partial charge in [0, 0.05) is 101 Å². The van der Waals surface area contributed by atoms with Gasteiger partial charge >= 0.3 is 0 Å². The van der Waals surface area contributed by atoms with E-state index in [4.69, 9.17) is 19.4 Å². The van der Waals surface area contributed by atoms with Gasteiger partial charge in [0.25, 0.3) is 0 Å². The molecule has 0 spiro atoms. The SMILES string of the molecule is C1=NCCN=C1c1c(-c2ncccn2)cc2c(oc3c(-c4ncccn4)c(-c4ncccn4)c(-c4ncccn4)cc32)c1-c1ncccn1. The lowest BCUT2D eigenvalue weighted by atomic mass is 9.90. The first kappa shape index (κ1) is 28.2. The van der Waals surface area contributed by atoms with E-state index < -0.39 is 0 Å². The monoisotopic (exact) mass is 638 g/mol. The first-order valence-electron chi connectivity index (χ1n) is 15.4. The molecule has 7 heterocycles. The number of aliphatic imine (C=N–C) groups is 2. The van der Waals surface area contributed by atoms with Crippen LogP contribution in [0.15, 0.2) is 119 Å². The van der Waals surface area contributed by atoms with E-state index in [1.165, 1.54) is 0 Å². The first-order valence-corrected chi connectivity index (χ1v) is 15.4. The van der Waals surface area contributed by atoms with Crippen molar-refractivity contribution in [3.63, 3.8) is 0 Å². The quantitative estimate of drug-likeness (QED) is 0.218. The van der Waals surface area contributed by atoms with Crippen LogP contribution in [-0.4, -0.2) is 74.9 Å². The lowest BCUT2D eigenvalue weighted by molar-refractivity contribution is 0.670. The molecule has 0 aliphatic carbocycles. The zero-order chi connectivity index (χ0) is 32.6. The minimum Gasteiger partial charge on any atom is -0.454 e. The Morgan fingerprint density at radius 1 is 0.408 bits per heavy atom. The fourth-order valence-corrected chi connectivity index (χ4v) is 6.05. The highest BCUT2D eigenvalue weighted by Crippen LogP contribution is 2.48. The van der Waals surface area contributed by atoms with E-state index in [1.807, 2.05) is 12.1 Å². The summed E-state index contributed by atoms with van der Waals surface area (Å²) in [4.78, 5) is 56.1. The molecule has 13 heteroatoms. The Bertz CT molecular complexity index is 2530. The molecule has 1 aliphatic heterocycles. The van der Waals surface area contributed by atoms with E-state index >= 15 is 0 Å². The van der Waals surface area contributed by atoms with Gasteiger partial charge in [0.2, 0.25) is 0 Å². The van der Waals surface area contributed by atoms with Crippen LogP contribution in [0.5, 0.6) is 0 Å². The molecule has 0 amide bonds. The average Bonchev–Trinajstić information content (AvgIpc) is 3.56. The number of nitrogens with zero attached hydrogens (tertiary/aromatic N) is 12. The fraction of sp³-hybridized carbons (Fsp3) is 0.0556. The lowest BCUT2D eigenvalue weighted by Gasteiger charge is -2.16. The third kappa shape index (κ3) is 4.88. The van der Waals surface area contributed by atoms with E-state index in [2.05, 4.69) is 44.9 Å². The summed E-state index contributed by atoms with van der Waals surface area (Å²) in [6.45, 7) is 1.13. The molecule has 49 heavy (non-hydrogen) atoms. The van der Waals surface area contributed by atoms with Crippen molar-refractivity contribution < 1.29 is 4.42 Å². The van der Waals surface area contributed by atoms with Gasteiger partial charge in [-0.05, 0) is 42.5 Å². The van der Waals surface area contributed by atoms with Crippen LogP contribution in [0.1, 0.15) is 5.56 Å². The van der Waals surface area contributed by atoms with Gasteiger partial charge in [-0.1, -0.05) is 0 Å². The number of benzene rings is 2. The van der Waals surface area contributed by atoms with Crippen molar-refractivity contribution in [3.8, 4) is 56.9 Å². The summed E-state index contributed by atoms with van der Waals surface area (Å²) in [6, 6.07) is 12.9. The van der Waals surface area contributed by atoms with Crippen LogP contribution in [-0.2, 0) is 0 Å². The summed E-state index contributed by atoms with van der Waals surface area (Å²) < 4.78 is 7.00. The summed E-state index contributed by atoms with van der Waals surface area (Å²) in [6.07, 6.45) is 18.7. The van der Waals surface area contributed by atoms with Crippen molar-refractivity contribution in [1.82, 2.24) is 49.8 Å². The largest absolute Gasteiger partial charge is 0.454 e. The molecule has 0 saturated heterocycles. The van der Waals surface area contributed by atoms with Gasteiger partial charge in [0.15, 0.2) is 29.1 Å². The van der Waals surface area contributed by atoms with Crippen LogP contribution < -0.4 is 0 Å². The maximum Gasteiger partial charge on any atom is 0.163 e.